The number of aryl methyl sites for hydroxylation is 1. The van der Waals surface area contributed by atoms with E-state index in [0.29, 0.717) is 0 Å². The zero-order valence-electron chi connectivity index (χ0n) is 28.8. The number of allylic oxidation sites excluding steroid dienone is 2. The summed E-state index contributed by atoms with van der Waals surface area (Å²) in [7, 11) is 4.30. The number of nitrogens with zero attached hydrogens (tertiary/aromatic N) is 2. The predicted molar refractivity (Wildman–Crippen MR) is 220 cm³/mol. The van der Waals surface area contributed by atoms with Gasteiger partial charge < -0.3 is 4.90 Å². The molecule has 1 aliphatic rings. The highest BCUT2D eigenvalue weighted by atomic mass is 32.2. The fourth-order valence-corrected chi connectivity index (χ4v) is 9.43. The van der Waals surface area contributed by atoms with Gasteiger partial charge >= 0.3 is 0 Å². The van der Waals surface area contributed by atoms with Crippen molar-refractivity contribution in [1.82, 2.24) is 0 Å². The fraction of sp³-hybridized carbons (Fsp3) is 0.0889. The number of anilines is 1. The third-order valence-electron chi connectivity index (χ3n) is 9.77. The number of hydrogen-bond donors (Lipinski definition) is 0. The molecule has 2 heterocycles. The minimum atomic E-state index is -1.22. The maximum atomic E-state index is 2.33. The van der Waals surface area contributed by atoms with Gasteiger partial charge in [-0.15, -0.1) is 0 Å². The molecule has 0 fully saturated rings. The Kier molecular flexibility index (Phi) is 10.2. The Morgan fingerprint density at radius 2 is 1.08 bits per heavy atom. The highest BCUT2D eigenvalue weighted by molar-refractivity contribution is 8.03. The first kappa shape index (κ1) is 33.4. The SMILES string of the molecule is CCC(/C=C1\Sc2ccccc2N1C)=C\c1sc2ccccc2[n+]1C.c1ccc([B-](c2ccccc2)(c2ccccc2)c2ccccc2)cc1. The number of rotatable bonds is 7. The van der Waals surface area contributed by atoms with Crippen LogP contribution in [-0.4, -0.2) is 13.2 Å². The van der Waals surface area contributed by atoms with Crippen LogP contribution >= 0.6 is 23.1 Å². The smallest absolute Gasteiger partial charge is 0.262 e. The van der Waals surface area contributed by atoms with Crippen molar-refractivity contribution in [2.75, 3.05) is 11.9 Å². The number of benzene rings is 6. The topological polar surface area (TPSA) is 7.12 Å². The molecule has 0 atom stereocenters. The second-order valence-electron chi connectivity index (χ2n) is 12.7. The molecule has 1 aromatic heterocycles. The van der Waals surface area contributed by atoms with E-state index in [0.717, 1.165) is 6.42 Å². The number of thiazole rings is 1. The van der Waals surface area contributed by atoms with E-state index in [2.05, 4.69) is 212 Å². The van der Waals surface area contributed by atoms with Crippen LogP contribution in [0.25, 0.3) is 16.3 Å². The number of para-hydroxylation sites is 2. The van der Waals surface area contributed by atoms with Crippen molar-refractivity contribution < 1.29 is 4.57 Å². The summed E-state index contributed by atoms with van der Waals surface area (Å²) in [6.07, 6.45) is 4.46. The Morgan fingerprint density at radius 3 is 1.56 bits per heavy atom. The normalized spacial score (nSPS) is 13.6. The largest absolute Gasteiger partial charge is 0.338 e. The molecule has 5 heteroatoms. The van der Waals surface area contributed by atoms with Gasteiger partial charge in [0.15, 0.2) is 0 Å². The van der Waals surface area contributed by atoms with Crippen molar-refractivity contribution in [2.24, 2.45) is 7.05 Å². The molecule has 2 nitrogen and oxygen atoms in total. The lowest BCUT2D eigenvalue weighted by Crippen LogP contribution is -2.74. The van der Waals surface area contributed by atoms with Crippen LogP contribution in [0.2, 0.25) is 0 Å². The molecule has 0 amide bonds. The highest BCUT2D eigenvalue weighted by Gasteiger charge is 2.31. The van der Waals surface area contributed by atoms with E-state index in [4.69, 9.17) is 0 Å². The van der Waals surface area contributed by atoms with Crippen molar-refractivity contribution in [3.8, 4) is 0 Å². The Labute approximate surface area is 305 Å². The summed E-state index contributed by atoms with van der Waals surface area (Å²) in [5, 5.41) is 2.58. The van der Waals surface area contributed by atoms with Gasteiger partial charge in [-0.2, -0.15) is 26.4 Å². The van der Waals surface area contributed by atoms with E-state index in [-0.39, 0.29) is 0 Å². The number of hydrogen-bond acceptors (Lipinski definition) is 3. The van der Waals surface area contributed by atoms with Crippen LogP contribution < -0.4 is 31.3 Å². The Balaban J connectivity index is 0.000000157. The summed E-state index contributed by atoms with van der Waals surface area (Å²) in [6.45, 7) is 2.23. The number of thioether (sulfide) groups is 1. The van der Waals surface area contributed by atoms with Crippen molar-refractivity contribution in [1.29, 1.82) is 0 Å². The molecule has 0 spiro atoms. The van der Waals surface area contributed by atoms with Crippen LogP contribution in [0.5, 0.6) is 0 Å². The van der Waals surface area contributed by atoms with Gasteiger partial charge in [0.25, 0.3) is 5.01 Å². The maximum absolute atomic E-state index is 2.33. The van der Waals surface area contributed by atoms with Crippen LogP contribution in [-0.2, 0) is 7.05 Å². The van der Waals surface area contributed by atoms with Crippen LogP contribution in [0.1, 0.15) is 18.4 Å². The Hall–Kier alpha value is -5.10. The lowest BCUT2D eigenvalue weighted by Gasteiger charge is -2.44. The third kappa shape index (κ3) is 6.59. The van der Waals surface area contributed by atoms with Gasteiger partial charge in [-0.3, -0.25) is 0 Å². The second-order valence-corrected chi connectivity index (χ2v) is 14.8. The molecule has 0 saturated heterocycles. The van der Waals surface area contributed by atoms with E-state index < -0.39 is 6.15 Å². The number of aromatic nitrogens is 1. The number of fused-ring (bicyclic) bond motifs is 2. The van der Waals surface area contributed by atoms with E-state index in [1.165, 1.54) is 58.3 Å². The molecule has 0 aliphatic carbocycles. The van der Waals surface area contributed by atoms with Crippen LogP contribution in [0.4, 0.5) is 5.69 Å². The molecule has 0 N–H and O–H groups in total. The van der Waals surface area contributed by atoms with Gasteiger partial charge in [0.05, 0.1) is 10.7 Å². The van der Waals surface area contributed by atoms with E-state index in [1.807, 2.05) is 23.1 Å². The highest BCUT2D eigenvalue weighted by Crippen LogP contribution is 2.45. The average Bonchev–Trinajstić information content (AvgIpc) is 3.68. The predicted octanol–water partition coefficient (Wildman–Crippen LogP) is 8.67. The van der Waals surface area contributed by atoms with E-state index >= 15 is 0 Å². The van der Waals surface area contributed by atoms with Gasteiger partial charge in [-0.1, -0.05) is 176 Å². The first-order valence-electron chi connectivity index (χ1n) is 17.3. The molecular weight excluding hydrogens is 643 g/mol. The van der Waals surface area contributed by atoms with Gasteiger partial charge in [0.1, 0.15) is 17.9 Å². The summed E-state index contributed by atoms with van der Waals surface area (Å²) >= 11 is 3.70. The molecule has 246 valence electrons. The second kappa shape index (κ2) is 15.2. The van der Waals surface area contributed by atoms with E-state index in [1.54, 1.807) is 0 Å². The molecule has 6 aromatic carbocycles. The summed E-state index contributed by atoms with van der Waals surface area (Å²) in [5.41, 5.74) is 9.29. The standard InChI is InChI=1S/C24H20B.C21H21N2S2/c1-5-13-21(14-6-1)25(22-15-7-2-8-16-22,23-17-9-3-10-18-23)24-19-11-4-12-20-24;1-4-15(13-20-22(2)16-9-5-7-11-18(16)24-20)14-21-23(3)17-10-6-8-12-19(17)25-21/h1-20H;5-14H,4H2,1-3H3/q-1;+1. The van der Waals surface area contributed by atoms with Gasteiger partial charge in [0.2, 0.25) is 5.52 Å². The molecule has 0 bridgehead atoms. The minimum Gasteiger partial charge on any atom is -0.338 e. The summed E-state index contributed by atoms with van der Waals surface area (Å²) in [5.74, 6) is 0. The lowest BCUT2D eigenvalue weighted by molar-refractivity contribution is -0.642. The van der Waals surface area contributed by atoms with Crippen LogP contribution in [0.3, 0.4) is 0 Å². The summed E-state index contributed by atoms with van der Waals surface area (Å²) in [4.78, 5) is 3.62. The molecule has 0 saturated carbocycles. The van der Waals surface area contributed by atoms with Crippen molar-refractivity contribution in [3.63, 3.8) is 0 Å². The molecule has 7 aromatic rings. The Bertz CT molecular complexity index is 2080. The molecule has 0 unspecified atom stereocenters. The quantitative estimate of drug-likeness (QED) is 0.123. The summed E-state index contributed by atoms with van der Waals surface area (Å²) < 4.78 is 3.62. The molecule has 1 aliphatic heterocycles. The van der Waals surface area contributed by atoms with Crippen molar-refractivity contribution >= 4 is 73.1 Å². The zero-order valence-corrected chi connectivity index (χ0v) is 30.4. The first-order valence-corrected chi connectivity index (χ1v) is 18.9. The van der Waals surface area contributed by atoms with Crippen LogP contribution in [0, 0.1) is 0 Å². The molecule has 8 rings (SSSR count). The maximum Gasteiger partial charge on any atom is 0.262 e. The minimum absolute atomic E-state index is 1.02. The summed E-state index contributed by atoms with van der Waals surface area (Å²) in [6, 6.07) is 60.7. The third-order valence-corrected chi connectivity index (χ3v) is 12.1. The average molecular weight is 685 g/mol. The van der Waals surface area contributed by atoms with Crippen molar-refractivity contribution in [3.05, 3.63) is 192 Å². The lowest BCUT2D eigenvalue weighted by atomic mass is 9.13. The van der Waals surface area contributed by atoms with Crippen molar-refractivity contribution in [2.45, 2.75) is 18.2 Å². The van der Waals surface area contributed by atoms with Gasteiger partial charge in [-0.05, 0) is 36.3 Å². The monoisotopic (exact) mass is 684 g/mol. The fourth-order valence-electron chi connectivity index (χ4n) is 7.18. The first-order chi connectivity index (χ1) is 24.6. The van der Waals surface area contributed by atoms with Gasteiger partial charge in [0, 0.05) is 24.1 Å². The van der Waals surface area contributed by atoms with E-state index in [9.17, 15) is 0 Å². The Morgan fingerprint density at radius 1 is 0.620 bits per heavy atom. The zero-order chi connectivity index (χ0) is 34.3. The van der Waals surface area contributed by atoms with Gasteiger partial charge in [-0.25, -0.2) is 0 Å². The van der Waals surface area contributed by atoms with Crippen LogP contribution in [0.15, 0.2) is 191 Å². The molecule has 50 heavy (non-hydrogen) atoms. The molecular formula is C45H41BN2S2. The molecule has 0 radical (unpaired) electrons.